The number of aromatic nitrogens is 3. The minimum absolute atomic E-state index is 0.0226. The van der Waals surface area contributed by atoms with Crippen molar-refractivity contribution < 1.29 is 36.7 Å². The van der Waals surface area contributed by atoms with E-state index in [1.165, 1.54) is 39.5 Å². The number of methoxy groups -OCH3 is 2. The van der Waals surface area contributed by atoms with E-state index in [1.807, 2.05) is 0 Å². The van der Waals surface area contributed by atoms with Gasteiger partial charge in [-0.2, -0.15) is 5.10 Å². The molecule has 15 heteroatoms. The maximum absolute atomic E-state index is 13.3. The van der Waals surface area contributed by atoms with E-state index in [0.29, 0.717) is 17.7 Å². The number of nitrogens with one attached hydrogen (secondary N) is 3. The van der Waals surface area contributed by atoms with Crippen LogP contribution in [0.15, 0.2) is 52.1 Å². The monoisotopic (exact) mass is 600 g/mol. The SMILES string of the molecule is CNC(=O)c1ccc(S(=O)(=O)Nc2noc3cc(Cn4cc(CNC(=O)OC(C)(C)C)cn4)cc(OC)c23)c(OC)c1. The van der Waals surface area contributed by atoms with Crippen LogP contribution in [-0.2, 0) is 27.8 Å². The second kappa shape index (κ2) is 12.0. The molecule has 0 saturated heterocycles. The zero-order valence-corrected chi connectivity index (χ0v) is 24.8. The molecule has 0 bridgehead atoms. The standard InChI is InChI=1S/C27H32N6O8S/c1-27(2,3)40-26(35)29-12-17-13-30-33(15-17)14-16-9-20(39-6)23-21(10-16)41-31-24(23)32-42(36,37)22-8-7-18(25(34)28-4)11-19(22)38-5/h7-11,13,15H,12,14H2,1-6H3,(H,28,34)(H,29,35)(H,31,32). The molecule has 4 aromatic rings. The summed E-state index contributed by atoms with van der Waals surface area (Å²) in [5, 5.41) is 13.7. The molecule has 3 N–H and O–H groups in total. The fourth-order valence-electron chi connectivity index (χ4n) is 4.03. The van der Waals surface area contributed by atoms with E-state index >= 15 is 0 Å². The van der Waals surface area contributed by atoms with Gasteiger partial charge in [-0.3, -0.25) is 14.2 Å². The molecule has 2 heterocycles. The highest BCUT2D eigenvalue weighted by atomic mass is 32.2. The first-order valence-corrected chi connectivity index (χ1v) is 14.2. The first-order valence-electron chi connectivity index (χ1n) is 12.7. The highest BCUT2D eigenvalue weighted by Gasteiger charge is 2.25. The molecule has 2 amide bonds. The van der Waals surface area contributed by atoms with Crippen LogP contribution in [0.2, 0.25) is 0 Å². The third kappa shape index (κ3) is 6.91. The molecular weight excluding hydrogens is 568 g/mol. The lowest BCUT2D eigenvalue weighted by atomic mass is 10.1. The summed E-state index contributed by atoms with van der Waals surface area (Å²) in [5.74, 6) is -0.176. The lowest BCUT2D eigenvalue weighted by Gasteiger charge is -2.19. The molecule has 14 nitrogen and oxygen atoms in total. The summed E-state index contributed by atoms with van der Waals surface area (Å²) in [4.78, 5) is 23.7. The van der Waals surface area contributed by atoms with Crippen LogP contribution in [0.4, 0.5) is 10.6 Å². The fraction of sp³-hybridized carbons (Fsp3) is 0.333. The van der Waals surface area contributed by atoms with Gasteiger partial charge >= 0.3 is 6.09 Å². The van der Waals surface area contributed by atoms with Crippen molar-refractivity contribution in [1.29, 1.82) is 0 Å². The van der Waals surface area contributed by atoms with Gasteiger partial charge in [-0.15, -0.1) is 0 Å². The molecule has 0 aliphatic heterocycles. The van der Waals surface area contributed by atoms with Crippen molar-refractivity contribution >= 4 is 38.8 Å². The molecular formula is C27H32N6O8S. The Morgan fingerprint density at radius 1 is 1.05 bits per heavy atom. The van der Waals surface area contributed by atoms with Crippen LogP contribution in [0, 0.1) is 0 Å². The van der Waals surface area contributed by atoms with E-state index in [-0.39, 0.29) is 34.2 Å². The Kier molecular flexibility index (Phi) is 8.61. The van der Waals surface area contributed by atoms with Crippen LogP contribution in [0.25, 0.3) is 11.0 Å². The molecule has 0 aliphatic carbocycles. The van der Waals surface area contributed by atoms with Crippen LogP contribution < -0.4 is 24.8 Å². The minimum Gasteiger partial charge on any atom is -0.496 e. The average Bonchev–Trinajstić information content (AvgIpc) is 3.56. The summed E-state index contributed by atoms with van der Waals surface area (Å²) in [5.41, 5.74) is 1.43. The van der Waals surface area contributed by atoms with Crippen molar-refractivity contribution in [2.24, 2.45) is 0 Å². The van der Waals surface area contributed by atoms with Crippen molar-refractivity contribution in [3.63, 3.8) is 0 Å². The van der Waals surface area contributed by atoms with Gasteiger partial charge < -0.3 is 29.4 Å². The zero-order chi connectivity index (χ0) is 30.7. The summed E-state index contributed by atoms with van der Waals surface area (Å²) in [6, 6.07) is 7.39. The number of rotatable bonds is 10. The van der Waals surface area contributed by atoms with Gasteiger partial charge in [0.1, 0.15) is 27.4 Å². The van der Waals surface area contributed by atoms with Gasteiger partial charge in [-0.25, -0.2) is 13.2 Å². The molecule has 0 unspecified atom stereocenters. The van der Waals surface area contributed by atoms with Gasteiger partial charge in [0.15, 0.2) is 11.4 Å². The number of anilines is 1. The van der Waals surface area contributed by atoms with Crippen LogP contribution in [-0.4, -0.2) is 62.2 Å². The highest BCUT2D eigenvalue weighted by molar-refractivity contribution is 7.92. The third-order valence-corrected chi connectivity index (χ3v) is 7.24. The second-order valence-electron chi connectivity index (χ2n) is 10.2. The minimum atomic E-state index is -4.21. The summed E-state index contributed by atoms with van der Waals surface area (Å²) in [6.07, 6.45) is 2.88. The van der Waals surface area contributed by atoms with Gasteiger partial charge in [-0.05, 0) is 56.7 Å². The van der Waals surface area contributed by atoms with Crippen molar-refractivity contribution in [2.45, 2.75) is 44.4 Å². The van der Waals surface area contributed by atoms with Gasteiger partial charge in [0.05, 0.1) is 27.0 Å². The van der Waals surface area contributed by atoms with Gasteiger partial charge in [0.25, 0.3) is 15.9 Å². The number of nitrogens with zero attached hydrogens (tertiary/aromatic N) is 3. The smallest absolute Gasteiger partial charge is 0.407 e. The van der Waals surface area contributed by atoms with Crippen LogP contribution >= 0.6 is 0 Å². The Hall–Kier alpha value is -4.79. The number of fused-ring (bicyclic) bond motifs is 1. The summed E-state index contributed by atoms with van der Waals surface area (Å²) >= 11 is 0. The Labute approximate surface area is 242 Å². The number of hydrogen-bond acceptors (Lipinski definition) is 10. The van der Waals surface area contributed by atoms with Crippen LogP contribution in [0.3, 0.4) is 0 Å². The second-order valence-corrected chi connectivity index (χ2v) is 11.8. The Morgan fingerprint density at radius 3 is 2.45 bits per heavy atom. The number of sulfonamides is 1. The van der Waals surface area contributed by atoms with Crippen molar-refractivity contribution in [3.05, 3.63) is 59.4 Å². The molecule has 2 aromatic carbocycles. The number of hydrogen-bond donors (Lipinski definition) is 3. The normalized spacial score (nSPS) is 11.7. The first kappa shape index (κ1) is 30.2. The third-order valence-electron chi connectivity index (χ3n) is 5.86. The number of benzene rings is 2. The predicted octanol–water partition coefficient (Wildman–Crippen LogP) is 3.27. The molecule has 0 spiro atoms. The van der Waals surface area contributed by atoms with Crippen molar-refractivity contribution in [3.8, 4) is 11.5 Å². The van der Waals surface area contributed by atoms with E-state index in [2.05, 4.69) is 25.6 Å². The Bertz CT molecular complexity index is 1720. The van der Waals surface area contributed by atoms with E-state index < -0.39 is 27.6 Å². The number of amides is 2. The number of carbonyl (C=O) groups is 2. The summed E-state index contributed by atoms with van der Waals surface area (Å²) in [7, 11) is 0.00633. The van der Waals surface area contributed by atoms with Crippen molar-refractivity contribution in [2.75, 3.05) is 26.0 Å². The Morgan fingerprint density at radius 2 is 1.79 bits per heavy atom. The van der Waals surface area contributed by atoms with Crippen LogP contribution in [0.5, 0.6) is 11.5 Å². The first-order chi connectivity index (χ1) is 19.8. The maximum Gasteiger partial charge on any atom is 0.407 e. The summed E-state index contributed by atoms with van der Waals surface area (Å²) in [6.45, 7) is 5.92. The van der Waals surface area contributed by atoms with Crippen LogP contribution in [0.1, 0.15) is 42.3 Å². The van der Waals surface area contributed by atoms with Gasteiger partial charge in [0.2, 0.25) is 0 Å². The van der Waals surface area contributed by atoms with E-state index in [0.717, 1.165) is 11.1 Å². The maximum atomic E-state index is 13.3. The van der Waals surface area contributed by atoms with Gasteiger partial charge in [-0.1, -0.05) is 5.16 Å². The lowest BCUT2D eigenvalue weighted by molar-refractivity contribution is 0.0523. The van der Waals surface area contributed by atoms with E-state index in [9.17, 15) is 18.0 Å². The number of ether oxygens (including phenoxy) is 3. The summed E-state index contributed by atoms with van der Waals surface area (Å²) < 4.78 is 52.1. The lowest BCUT2D eigenvalue weighted by Crippen LogP contribution is -2.32. The van der Waals surface area contributed by atoms with Crippen molar-refractivity contribution in [1.82, 2.24) is 25.6 Å². The zero-order valence-electron chi connectivity index (χ0n) is 24.0. The molecule has 0 fully saturated rings. The molecule has 2 aromatic heterocycles. The highest BCUT2D eigenvalue weighted by Crippen LogP contribution is 2.36. The molecule has 0 radical (unpaired) electrons. The fourth-order valence-corrected chi connectivity index (χ4v) is 5.19. The quantitative estimate of drug-likeness (QED) is 0.245. The predicted molar refractivity (Wildman–Crippen MR) is 152 cm³/mol. The molecule has 4 rings (SSSR count). The molecule has 224 valence electrons. The number of carbonyl (C=O) groups excluding carboxylic acids is 2. The largest absolute Gasteiger partial charge is 0.496 e. The average molecular weight is 601 g/mol. The van der Waals surface area contributed by atoms with E-state index in [1.54, 1.807) is 50.0 Å². The topological polar surface area (TPSA) is 176 Å². The Balaban J connectivity index is 1.54. The molecule has 42 heavy (non-hydrogen) atoms. The number of alkyl carbamates (subject to hydrolysis) is 1. The molecule has 0 saturated carbocycles. The molecule has 0 atom stereocenters. The van der Waals surface area contributed by atoms with E-state index in [4.69, 9.17) is 18.7 Å². The van der Waals surface area contributed by atoms with Gasteiger partial charge in [0, 0.05) is 30.9 Å². The molecule has 0 aliphatic rings.